The number of hydrogen-bond acceptors (Lipinski definition) is 5. The Morgan fingerprint density at radius 2 is 2.13 bits per heavy atom. The van der Waals surface area contributed by atoms with Gasteiger partial charge in [-0.15, -0.1) is 0 Å². The van der Waals surface area contributed by atoms with Crippen molar-refractivity contribution in [2.24, 2.45) is 0 Å². The monoisotopic (exact) mass is 444 g/mol. The van der Waals surface area contributed by atoms with Crippen LogP contribution in [0.15, 0.2) is 66.5 Å². The fourth-order valence-corrected chi connectivity index (χ4v) is 4.11. The summed E-state index contributed by atoms with van der Waals surface area (Å²) in [6, 6.07) is 3.98. The third-order valence-corrected chi connectivity index (χ3v) is 6.08. The minimum atomic E-state index is -3.14. The van der Waals surface area contributed by atoms with Crippen LogP contribution in [0.1, 0.15) is 24.0 Å². The highest BCUT2D eigenvalue weighted by molar-refractivity contribution is 7.88. The maximum absolute atomic E-state index is 11.7. The summed E-state index contributed by atoms with van der Waals surface area (Å²) in [7, 11) is -3.14. The normalized spacial score (nSPS) is 17.0. The van der Waals surface area contributed by atoms with Crippen LogP contribution in [0.3, 0.4) is 0 Å². The van der Waals surface area contributed by atoms with E-state index >= 15 is 0 Å². The summed E-state index contributed by atoms with van der Waals surface area (Å²) in [5.74, 6) is 0. The van der Waals surface area contributed by atoms with Crippen LogP contribution in [0.25, 0.3) is 11.8 Å². The zero-order valence-electron chi connectivity index (χ0n) is 16.8. The lowest BCUT2D eigenvalue weighted by Crippen LogP contribution is -2.43. The lowest BCUT2D eigenvalue weighted by atomic mass is 10.0. The van der Waals surface area contributed by atoms with E-state index in [0.717, 1.165) is 35.2 Å². The summed E-state index contributed by atoms with van der Waals surface area (Å²) in [5, 5.41) is 12.0. The molecule has 1 aromatic heterocycles. The predicted molar refractivity (Wildman–Crippen MR) is 123 cm³/mol. The van der Waals surface area contributed by atoms with E-state index in [-0.39, 0.29) is 6.04 Å². The Hall–Kier alpha value is -2.66. The van der Waals surface area contributed by atoms with Gasteiger partial charge in [0.25, 0.3) is 0 Å². The van der Waals surface area contributed by atoms with Crippen LogP contribution in [-0.2, 0) is 10.0 Å². The third-order valence-electron chi connectivity index (χ3n) is 4.65. The van der Waals surface area contributed by atoms with Crippen molar-refractivity contribution in [3.05, 3.63) is 77.7 Å². The summed E-state index contributed by atoms with van der Waals surface area (Å²) in [4.78, 5) is 4.21. The summed E-state index contributed by atoms with van der Waals surface area (Å²) >= 11 is 5.70. The third kappa shape index (κ3) is 7.30. The molecule has 1 N–H and O–H groups in total. The number of hydrogen-bond donors (Lipinski definition) is 1. The zero-order valence-corrected chi connectivity index (χ0v) is 18.4. The van der Waals surface area contributed by atoms with Gasteiger partial charge in [0.1, 0.15) is 0 Å². The van der Waals surface area contributed by atoms with Crippen LogP contribution >= 0.6 is 11.6 Å². The van der Waals surface area contributed by atoms with Gasteiger partial charge in [0.2, 0.25) is 10.0 Å². The van der Waals surface area contributed by atoms with Gasteiger partial charge in [0.05, 0.1) is 12.3 Å². The maximum atomic E-state index is 11.7. The number of sulfonamides is 1. The van der Waals surface area contributed by atoms with Crippen molar-refractivity contribution in [2.45, 2.75) is 18.9 Å². The van der Waals surface area contributed by atoms with E-state index in [1.54, 1.807) is 30.6 Å². The van der Waals surface area contributed by atoms with Gasteiger partial charge in [-0.2, -0.15) is 5.26 Å². The SMILES string of the molecule is C=C(NC1CCN(S(C)(=O)=O)CC1)c1cnccc1/C=C/C(=C/C=C/C#N)/C=C/Cl. The number of pyridine rings is 1. The van der Waals surface area contributed by atoms with E-state index in [1.807, 2.05) is 24.3 Å². The Morgan fingerprint density at radius 3 is 2.77 bits per heavy atom. The van der Waals surface area contributed by atoms with Gasteiger partial charge in [-0.1, -0.05) is 42.5 Å². The number of nitrogens with zero attached hydrogens (tertiary/aromatic N) is 3. The van der Waals surface area contributed by atoms with Crippen molar-refractivity contribution in [1.82, 2.24) is 14.6 Å². The van der Waals surface area contributed by atoms with Gasteiger partial charge in [-0.05, 0) is 36.1 Å². The van der Waals surface area contributed by atoms with Crippen LogP contribution in [0, 0.1) is 11.3 Å². The topological polar surface area (TPSA) is 86.1 Å². The second-order valence-corrected chi connectivity index (χ2v) is 9.04. The van der Waals surface area contributed by atoms with Crippen molar-refractivity contribution < 1.29 is 8.42 Å². The first-order valence-electron chi connectivity index (χ1n) is 9.41. The predicted octanol–water partition coefficient (Wildman–Crippen LogP) is 3.84. The molecule has 0 bridgehead atoms. The smallest absolute Gasteiger partial charge is 0.211 e. The summed E-state index contributed by atoms with van der Waals surface area (Å²) in [6.07, 6.45) is 16.5. The van der Waals surface area contributed by atoms with E-state index in [2.05, 4.69) is 16.9 Å². The van der Waals surface area contributed by atoms with Crippen molar-refractivity contribution in [2.75, 3.05) is 19.3 Å². The van der Waals surface area contributed by atoms with Gasteiger partial charge in [-0.3, -0.25) is 4.98 Å². The van der Waals surface area contributed by atoms with Crippen molar-refractivity contribution in [1.29, 1.82) is 5.26 Å². The number of nitrogens with one attached hydrogen (secondary N) is 1. The second-order valence-electron chi connectivity index (χ2n) is 6.80. The fourth-order valence-electron chi connectivity index (χ4n) is 3.09. The summed E-state index contributed by atoms with van der Waals surface area (Å²) < 4.78 is 24.8. The molecule has 2 rings (SSSR count). The molecule has 2 heterocycles. The first kappa shape index (κ1) is 23.6. The highest BCUT2D eigenvalue weighted by atomic mass is 35.5. The van der Waals surface area contributed by atoms with Crippen LogP contribution in [0.4, 0.5) is 0 Å². The second kappa shape index (κ2) is 11.5. The first-order valence-corrected chi connectivity index (χ1v) is 11.7. The molecule has 0 spiro atoms. The molecular weight excluding hydrogens is 420 g/mol. The van der Waals surface area contributed by atoms with Crippen molar-refractivity contribution in [3.63, 3.8) is 0 Å². The number of halogens is 1. The minimum Gasteiger partial charge on any atom is -0.382 e. The molecule has 6 nitrogen and oxygen atoms in total. The van der Waals surface area contributed by atoms with E-state index in [9.17, 15) is 8.42 Å². The van der Waals surface area contributed by atoms with Gasteiger partial charge < -0.3 is 5.32 Å². The number of nitriles is 1. The molecule has 1 saturated heterocycles. The fraction of sp³-hybridized carbons (Fsp3) is 0.273. The molecule has 0 atom stereocenters. The lowest BCUT2D eigenvalue weighted by Gasteiger charge is -2.31. The largest absolute Gasteiger partial charge is 0.382 e. The Morgan fingerprint density at radius 1 is 1.40 bits per heavy atom. The number of allylic oxidation sites excluding steroid dienone is 6. The van der Waals surface area contributed by atoms with Crippen LogP contribution in [0.2, 0.25) is 0 Å². The van der Waals surface area contributed by atoms with Crippen molar-refractivity contribution in [3.8, 4) is 6.07 Å². The Kier molecular flexibility index (Phi) is 9.06. The average Bonchev–Trinajstić information content (AvgIpc) is 2.72. The molecule has 0 radical (unpaired) electrons. The highest BCUT2D eigenvalue weighted by Gasteiger charge is 2.25. The number of rotatable bonds is 8. The zero-order chi connectivity index (χ0) is 22.0. The lowest BCUT2D eigenvalue weighted by molar-refractivity contribution is 0.307. The van der Waals surface area contributed by atoms with Gasteiger partial charge in [-0.25, -0.2) is 12.7 Å². The van der Waals surface area contributed by atoms with Crippen LogP contribution in [-0.4, -0.2) is 43.1 Å². The summed E-state index contributed by atoms with van der Waals surface area (Å²) in [5.41, 5.74) is 4.76. The average molecular weight is 445 g/mol. The Bertz CT molecular complexity index is 1010. The number of aromatic nitrogens is 1. The van der Waals surface area contributed by atoms with Gasteiger partial charge in [0, 0.05) is 54.4 Å². The van der Waals surface area contributed by atoms with E-state index in [0.29, 0.717) is 13.1 Å². The molecule has 1 fully saturated rings. The molecule has 8 heteroatoms. The molecule has 1 aliphatic heterocycles. The molecule has 158 valence electrons. The molecule has 0 unspecified atom stereocenters. The molecular formula is C22H25ClN4O2S. The van der Waals surface area contributed by atoms with E-state index in [4.69, 9.17) is 16.9 Å². The molecule has 1 aliphatic rings. The van der Waals surface area contributed by atoms with Gasteiger partial charge in [0.15, 0.2) is 0 Å². The van der Waals surface area contributed by atoms with Crippen LogP contribution in [0.5, 0.6) is 0 Å². The molecule has 0 aliphatic carbocycles. The Labute approximate surface area is 183 Å². The molecule has 0 aromatic carbocycles. The molecule has 0 amide bonds. The standard InChI is InChI=1S/C22H25ClN4O2S/c1-18(26-21-10-15-27(16-11-21)30(2,28)29)22-17-25-14-9-20(22)7-6-19(8-12-23)5-3-4-13-24/h3-9,12,14,17,21,26H,1,10-11,15-16H2,2H3/b4-3+,7-6+,12-8+,19-5-. The molecule has 30 heavy (non-hydrogen) atoms. The van der Waals surface area contributed by atoms with Gasteiger partial charge >= 0.3 is 0 Å². The summed E-state index contributed by atoms with van der Waals surface area (Å²) in [6.45, 7) is 5.16. The van der Waals surface area contributed by atoms with Crippen LogP contribution < -0.4 is 5.32 Å². The van der Waals surface area contributed by atoms with Crippen molar-refractivity contribution >= 4 is 33.4 Å². The molecule has 1 aromatic rings. The quantitative estimate of drug-likeness (QED) is 0.486. The first-order chi connectivity index (χ1) is 14.3. The molecule has 0 saturated carbocycles. The highest BCUT2D eigenvalue weighted by Crippen LogP contribution is 2.21. The Balaban J connectivity index is 2.11. The van der Waals surface area contributed by atoms with E-state index in [1.165, 1.54) is 22.2 Å². The van der Waals surface area contributed by atoms with E-state index < -0.39 is 10.0 Å². The minimum absolute atomic E-state index is 0.151. The maximum Gasteiger partial charge on any atom is 0.211 e. The number of piperidine rings is 1.